The summed E-state index contributed by atoms with van der Waals surface area (Å²) in [5.74, 6) is -0.461. The van der Waals surface area contributed by atoms with Crippen LogP contribution in [0, 0.1) is 5.92 Å². The van der Waals surface area contributed by atoms with Crippen molar-refractivity contribution in [1.29, 1.82) is 0 Å². The Morgan fingerprint density at radius 3 is 2.62 bits per heavy atom. The highest BCUT2D eigenvalue weighted by Gasteiger charge is 2.36. The number of aliphatic hydroxyl groups is 1. The Kier molecular flexibility index (Phi) is 6.24. The number of fused-ring (bicyclic) bond motifs is 1. The van der Waals surface area contributed by atoms with Gasteiger partial charge in [0.1, 0.15) is 6.04 Å². The van der Waals surface area contributed by atoms with Crippen LogP contribution in [-0.2, 0) is 16.1 Å². The van der Waals surface area contributed by atoms with Gasteiger partial charge in [0.25, 0.3) is 0 Å². The number of amides is 2. The molecule has 1 saturated heterocycles. The third-order valence-corrected chi connectivity index (χ3v) is 5.76. The normalized spacial score (nSPS) is 18.6. The van der Waals surface area contributed by atoms with Gasteiger partial charge in [0, 0.05) is 25.5 Å². The summed E-state index contributed by atoms with van der Waals surface area (Å²) in [7, 11) is 0. The van der Waals surface area contributed by atoms with Crippen molar-refractivity contribution in [2.75, 3.05) is 13.1 Å². The zero-order valence-electron chi connectivity index (χ0n) is 17.3. The van der Waals surface area contributed by atoms with E-state index in [-0.39, 0.29) is 17.7 Å². The summed E-state index contributed by atoms with van der Waals surface area (Å²) < 4.78 is 2.01. The number of likely N-dealkylation sites (tertiary alicyclic amines) is 1. The van der Waals surface area contributed by atoms with E-state index in [4.69, 9.17) is 5.73 Å². The lowest BCUT2D eigenvalue weighted by atomic mass is 9.91. The van der Waals surface area contributed by atoms with Crippen LogP contribution in [0.4, 0.5) is 0 Å². The molecule has 0 bridgehead atoms. The molecule has 3 rings (SSSR count). The summed E-state index contributed by atoms with van der Waals surface area (Å²) in [6.45, 7) is 6.76. The minimum atomic E-state index is -0.884. The van der Waals surface area contributed by atoms with Crippen molar-refractivity contribution in [3.63, 3.8) is 0 Å². The quantitative estimate of drug-likeness (QED) is 0.665. The molecule has 2 aromatic heterocycles. The highest BCUT2D eigenvalue weighted by molar-refractivity contribution is 5.89. The predicted octanol–water partition coefficient (Wildman–Crippen LogP) is 0.878. The number of piperidine rings is 1. The van der Waals surface area contributed by atoms with Gasteiger partial charge in [-0.1, -0.05) is 13.8 Å². The Balaban J connectivity index is 1.56. The molecule has 2 aromatic rings. The van der Waals surface area contributed by atoms with Gasteiger partial charge < -0.3 is 25.6 Å². The van der Waals surface area contributed by atoms with Crippen LogP contribution in [0.2, 0.25) is 0 Å². The summed E-state index contributed by atoms with van der Waals surface area (Å²) in [5.41, 5.74) is 6.85. The van der Waals surface area contributed by atoms with Crippen LogP contribution < -0.4 is 11.1 Å². The van der Waals surface area contributed by atoms with Crippen molar-refractivity contribution < 1.29 is 14.7 Å². The molecule has 4 N–H and O–H groups in total. The standard InChI is InChI=1S/C21H31N5O3/c1-14(2)18(22)19(27)24-15(3)20(28)25-11-7-21(29,8-12-25)13-26-10-6-16-17(26)5-4-9-23-16/h4-6,9-10,14-15,18,29H,7-8,11-13,22H2,1-3H3,(H,24,27)/t15-,18+/m1/s1. The number of pyridine rings is 1. The van der Waals surface area contributed by atoms with E-state index < -0.39 is 17.7 Å². The van der Waals surface area contributed by atoms with Gasteiger partial charge in [-0.15, -0.1) is 0 Å². The van der Waals surface area contributed by atoms with E-state index >= 15 is 0 Å². The van der Waals surface area contributed by atoms with E-state index in [0.29, 0.717) is 32.5 Å². The van der Waals surface area contributed by atoms with E-state index in [2.05, 4.69) is 10.3 Å². The van der Waals surface area contributed by atoms with Crippen molar-refractivity contribution in [3.05, 3.63) is 30.6 Å². The van der Waals surface area contributed by atoms with Crippen LogP contribution in [0.15, 0.2) is 30.6 Å². The summed E-state index contributed by atoms with van der Waals surface area (Å²) in [6, 6.07) is 4.52. The maximum Gasteiger partial charge on any atom is 0.244 e. The number of aromatic nitrogens is 2. The second-order valence-electron chi connectivity index (χ2n) is 8.40. The van der Waals surface area contributed by atoms with E-state index in [9.17, 15) is 14.7 Å². The number of hydrogen-bond donors (Lipinski definition) is 3. The average molecular weight is 402 g/mol. The van der Waals surface area contributed by atoms with Gasteiger partial charge in [0.2, 0.25) is 11.8 Å². The maximum atomic E-state index is 12.7. The number of carbonyl (C=O) groups is 2. The lowest BCUT2D eigenvalue weighted by Crippen LogP contribution is -2.55. The molecule has 2 atom stereocenters. The number of nitrogens with one attached hydrogen (secondary N) is 1. The predicted molar refractivity (Wildman–Crippen MR) is 111 cm³/mol. The second-order valence-corrected chi connectivity index (χ2v) is 8.40. The zero-order valence-corrected chi connectivity index (χ0v) is 17.3. The minimum absolute atomic E-state index is 0.00209. The number of nitrogens with two attached hydrogens (primary N) is 1. The Bertz CT molecular complexity index is 870. The lowest BCUT2D eigenvalue weighted by Gasteiger charge is -2.39. The van der Waals surface area contributed by atoms with Crippen molar-refractivity contribution in [3.8, 4) is 0 Å². The molecular formula is C21H31N5O3. The summed E-state index contributed by atoms with van der Waals surface area (Å²) in [5, 5.41) is 13.8. The lowest BCUT2D eigenvalue weighted by molar-refractivity contribution is -0.140. The first-order valence-electron chi connectivity index (χ1n) is 10.2. The molecule has 8 nitrogen and oxygen atoms in total. The average Bonchev–Trinajstić information content (AvgIpc) is 3.09. The van der Waals surface area contributed by atoms with Crippen LogP contribution in [0.5, 0.6) is 0 Å². The van der Waals surface area contributed by atoms with Crippen LogP contribution in [0.25, 0.3) is 11.0 Å². The topological polar surface area (TPSA) is 113 Å². The highest BCUT2D eigenvalue weighted by Crippen LogP contribution is 2.26. The fourth-order valence-electron chi connectivity index (χ4n) is 3.73. The first-order valence-corrected chi connectivity index (χ1v) is 10.2. The number of nitrogens with zero attached hydrogens (tertiary/aromatic N) is 3. The third kappa shape index (κ3) is 4.76. The van der Waals surface area contributed by atoms with Gasteiger partial charge in [-0.2, -0.15) is 0 Å². The van der Waals surface area contributed by atoms with Crippen molar-refractivity contribution >= 4 is 22.8 Å². The van der Waals surface area contributed by atoms with E-state index in [0.717, 1.165) is 11.0 Å². The molecule has 3 heterocycles. The van der Waals surface area contributed by atoms with E-state index in [1.807, 2.05) is 42.8 Å². The second kappa shape index (κ2) is 8.51. The molecule has 2 amide bonds. The molecule has 0 radical (unpaired) electrons. The van der Waals surface area contributed by atoms with Crippen LogP contribution in [0.1, 0.15) is 33.6 Å². The van der Waals surface area contributed by atoms with Gasteiger partial charge in [-0.3, -0.25) is 14.6 Å². The fraction of sp³-hybridized carbons (Fsp3) is 0.571. The Morgan fingerprint density at radius 1 is 1.28 bits per heavy atom. The molecule has 1 aliphatic heterocycles. The van der Waals surface area contributed by atoms with Gasteiger partial charge in [-0.05, 0) is 43.9 Å². The number of hydrogen-bond acceptors (Lipinski definition) is 5. The maximum absolute atomic E-state index is 12.7. The van der Waals surface area contributed by atoms with Crippen LogP contribution in [0.3, 0.4) is 0 Å². The molecule has 8 heteroatoms. The Hall–Kier alpha value is -2.45. The largest absolute Gasteiger partial charge is 0.388 e. The fourth-order valence-corrected chi connectivity index (χ4v) is 3.73. The summed E-state index contributed by atoms with van der Waals surface area (Å²) in [6.07, 6.45) is 4.64. The van der Waals surface area contributed by atoms with Crippen molar-refractivity contribution in [2.45, 2.75) is 57.8 Å². The molecule has 158 valence electrons. The monoisotopic (exact) mass is 401 g/mol. The first-order chi connectivity index (χ1) is 13.7. The van der Waals surface area contributed by atoms with Gasteiger partial charge in [0.15, 0.2) is 0 Å². The van der Waals surface area contributed by atoms with Crippen molar-refractivity contribution in [1.82, 2.24) is 19.8 Å². The van der Waals surface area contributed by atoms with E-state index in [1.54, 1.807) is 18.0 Å². The van der Waals surface area contributed by atoms with Crippen LogP contribution in [-0.4, -0.2) is 62.1 Å². The molecule has 0 unspecified atom stereocenters. The van der Waals surface area contributed by atoms with Crippen LogP contribution >= 0.6 is 0 Å². The SMILES string of the molecule is CC(C)[C@H](N)C(=O)N[C@H](C)C(=O)N1CCC(O)(Cn2ccc3ncccc32)CC1. The van der Waals surface area contributed by atoms with E-state index in [1.165, 1.54) is 0 Å². The molecule has 0 saturated carbocycles. The molecule has 0 spiro atoms. The summed E-state index contributed by atoms with van der Waals surface area (Å²) in [4.78, 5) is 30.8. The highest BCUT2D eigenvalue weighted by atomic mass is 16.3. The van der Waals surface area contributed by atoms with Gasteiger partial charge in [0.05, 0.1) is 29.2 Å². The first kappa shape index (κ1) is 21.3. The third-order valence-electron chi connectivity index (χ3n) is 5.76. The minimum Gasteiger partial charge on any atom is -0.388 e. The zero-order chi connectivity index (χ0) is 21.2. The molecule has 1 fully saturated rings. The molecule has 1 aliphatic rings. The number of rotatable bonds is 6. The van der Waals surface area contributed by atoms with Gasteiger partial charge in [-0.25, -0.2) is 0 Å². The Labute approximate surface area is 171 Å². The van der Waals surface area contributed by atoms with Crippen molar-refractivity contribution in [2.24, 2.45) is 11.7 Å². The molecule has 0 aromatic carbocycles. The number of carbonyl (C=O) groups excluding carboxylic acids is 2. The van der Waals surface area contributed by atoms with Gasteiger partial charge >= 0.3 is 0 Å². The Morgan fingerprint density at radius 2 is 1.97 bits per heavy atom. The molecule has 29 heavy (non-hydrogen) atoms. The molecule has 0 aliphatic carbocycles. The smallest absolute Gasteiger partial charge is 0.244 e. The summed E-state index contributed by atoms with van der Waals surface area (Å²) >= 11 is 0. The molecular weight excluding hydrogens is 370 g/mol.